The number of carbonyl (C=O) groups excluding carboxylic acids is 2. The average molecular weight is 335 g/mol. The van der Waals surface area contributed by atoms with E-state index in [4.69, 9.17) is 11.5 Å². The summed E-state index contributed by atoms with van der Waals surface area (Å²) < 4.78 is 0. The largest absolute Gasteiger partial charge is 0.366 e. The van der Waals surface area contributed by atoms with Crippen molar-refractivity contribution in [3.05, 3.63) is 71.3 Å². The van der Waals surface area contributed by atoms with Gasteiger partial charge in [-0.15, -0.1) is 0 Å². The Morgan fingerprint density at radius 2 is 1.64 bits per heavy atom. The highest BCUT2D eigenvalue weighted by atomic mass is 16.2. The van der Waals surface area contributed by atoms with E-state index >= 15 is 0 Å². The Morgan fingerprint density at radius 1 is 1.00 bits per heavy atom. The van der Waals surface area contributed by atoms with Crippen LogP contribution in [0.15, 0.2) is 54.6 Å². The number of nitrogens with one attached hydrogen (secondary N) is 2. The molecule has 7 nitrogen and oxygen atoms in total. The topological polar surface area (TPSA) is 127 Å². The number of nitrogens with zero attached hydrogens (tertiary/aromatic N) is 1. The molecule has 0 unspecified atom stereocenters. The lowest BCUT2D eigenvalue weighted by molar-refractivity contribution is 0.0995. The Balaban J connectivity index is 1.71. The van der Waals surface area contributed by atoms with E-state index in [0.29, 0.717) is 23.5 Å². The maximum Gasteiger partial charge on any atom is 0.256 e. The zero-order valence-corrected chi connectivity index (χ0v) is 13.3. The van der Waals surface area contributed by atoms with Gasteiger partial charge < -0.3 is 16.8 Å². The van der Waals surface area contributed by atoms with E-state index in [0.717, 1.165) is 16.8 Å². The third-order valence-electron chi connectivity index (χ3n) is 3.75. The van der Waals surface area contributed by atoms with E-state index in [2.05, 4.69) is 15.5 Å². The Bertz CT molecular complexity index is 898. The van der Waals surface area contributed by atoms with Crippen LogP contribution in [0.1, 0.15) is 26.3 Å². The van der Waals surface area contributed by atoms with Crippen LogP contribution < -0.4 is 16.8 Å². The maximum atomic E-state index is 12.2. The minimum Gasteiger partial charge on any atom is -0.366 e. The van der Waals surface area contributed by atoms with E-state index in [1.165, 1.54) is 24.3 Å². The van der Waals surface area contributed by atoms with Gasteiger partial charge in [0.2, 0.25) is 5.91 Å². The molecule has 0 atom stereocenters. The number of nitrogens with two attached hydrogens (primary N) is 2. The second-order valence-corrected chi connectivity index (χ2v) is 5.46. The molecule has 25 heavy (non-hydrogen) atoms. The summed E-state index contributed by atoms with van der Waals surface area (Å²) in [5.41, 5.74) is 14.3. The van der Waals surface area contributed by atoms with Crippen LogP contribution >= 0.6 is 0 Å². The Morgan fingerprint density at radius 3 is 2.24 bits per heavy atom. The van der Waals surface area contributed by atoms with Crippen LogP contribution in [0.2, 0.25) is 0 Å². The minimum absolute atomic E-state index is 0.326. The zero-order valence-electron chi connectivity index (χ0n) is 13.3. The Hall–Kier alpha value is -3.45. The van der Waals surface area contributed by atoms with Gasteiger partial charge in [0.05, 0.1) is 5.69 Å². The molecule has 1 heterocycles. The number of rotatable bonds is 5. The predicted octanol–water partition coefficient (Wildman–Crippen LogP) is 1.89. The van der Waals surface area contributed by atoms with Gasteiger partial charge in [0.15, 0.2) is 5.82 Å². The SMILES string of the molecule is NCc1ccc(-c2cc(NC(=O)c3ccc(C(N)=O)cc3)n[nH]2)cc1. The molecule has 0 saturated carbocycles. The molecular weight excluding hydrogens is 318 g/mol. The van der Waals surface area contributed by atoms with Gasteiger partial charge in [0.25, 0.3) is 5.91 Å². The van der Waals surface area contributed by atoms with Crippen molar-refractivity contribution in [3.8, 4) is 11.3 Å². The number of aromatic amines is 1. The molecule has 2 aromatic carbocycles. The summed E-state index contributed by atoms with van der Waals surface area (Å²) in [5.74, 6) is -0.459. The number of hydrogen-bond acceptors (Lipinski definition) is 4. The third kappa shape index (κ3) is 3.73. The van der Waals surface area contributed by atoms with E-state index in [9.17, 15) is 9.59 Å². The van der Waals surface area contributed by atoms with Gasteiger partial charge in [-0.2, -0.15) is 5.10 Å². The lowest BCUT2D eigenvalue weighted by atomic mass is 10.1. The van der Waals surface area contributed by atoms with Gasteiger partial charge >= 0.3 is 0 Å². The van der Waals surface area contributed by atoms with Crippen molar-refractivity contribution in [2.45, 2.75) is 6.54 Å². The molecule has 0 aliphatic rings. The van der Waals surface area contributed by atoms with Crippen molar-refractivity contribution in [1.82, 2.24) is 10.2 Å². The lowest BCUT2D eigenvalue weighted by Crippen LogP contribution is -2.14. The van der Waals surface area contributed by atoms with Crippen molar-refractivity contribution in [2.24, 2.45) is 11.5 Å². The van der Waals surface area contributed by atoms with E-state index in [1.807, 2.05) is 24.3 Å². The van der Waals surface area contributed by atoms with Crippen LogP contribution in [-0.4, -0.2) is 22.0 Å². The molecular formula is C18H17N5O2. The van der Waals surface area contributed by atoms with Crippen molar-refractivity contribution >= 4 is 17.6 Å². The fourth-order valence-electron chi connectivity index (χ4n) is 2.33. The molecule has 1 aromatic heterocycles. The van der Waals surface area contributed by atoms with Gasteiger partial charge in [0.1, 0.15) is 0 Å². The van der Waals surface area contributed by atoms with Crippen LogP contribution in [0.3, 0.4) is 0 Å². The van der Waals surface area contributed by atoms with Crippen molar-refractivity contribution in [3.63, 3.8) is 0 Å². The highest BCUT2D eigenvalue weighted by Gasteiger charge is 2.10. The first-order valence-electron chi connectivity index (χ1n) is 7.63. The number of primary amides is 1. The molecule has 2 amide bonds. The minimum atomic E-state index is -0.537. The first kappa shape index (κ1) is 16.4. The normalized spacial score (nSPS) is 10.4. The fourth-order valence-corrected chi connectivity index (χ4v) is 2.33. The fraction of sp³-hybridized carbons (Fsp3) is 0.0556. The smallest absolute Gasteiger partial charge is 0.256 e. The summed E-state index contributed by atoms with van der Waals surface area (Å²) in [6.07, 6.45) is 0. The molecule has 0 spiro atoms. The molecule has 126 valence electrons. The molecule has 0 saturated heterocycles. The van der Waals surface area contributed by atoms with Gasteiger partial charge in [-0.05, 0) is 35.4 Å². The number of aromatic nitrogens is 2. The number of amides is 2. The molecule has 0 radical (unpaired) electrons. The standard InChI is InChI=1S/C18H17N5O2/c19-10-11-1-3-12(4-2-11)15-9-16(23-22-15)21-18(25)14-7-5-13(6-8-14)17(20)24/h1-9H,10,19H2,(H2,20,24)(H2,21,22,23,25). The molecule has 0 aliphatic carbocycles. The van der Waals surface area contributed by atoms with E-state index < -0.39 is 5.91 Å². The molecule has 3 rings (SSSR count). The summed E-state index contributed by atoms with van der Waals surface area (Å²) >= 11 is 0. The predicted molar refractivity (Wildman–Crippen MR) is 94.8 cm³/mol. The first-order chi connectivity index (χ1) is 12.1. The number of anilines is 1. The van der Waals surface area contributed by atoms with Crippen molar-refractivity contribution < 1.29 is 9.59 Å². The molecule has 3 aromatic rings. The number of hydrogen-bond donors (Lipinski definition) is 4. The first-order valence-corrected chi connectivity index (χ1v) is 7.63. The molecule has 0 fully saturated rings. The highest BCUT2D eigenvalue weighted by molar-refractivity contribution is 6.04. The zero-order chi connectivity index (χ0) is 17.8. The van der Waals surface area contributed by atoms with Crippen LogP contribution in [0, 0.1) is 0 Å². The van der Waals surface area contributed by atoms with Crippen LogP contribution in [0.5, 0.6) is 0 Å². The number of benzene rings is 2. The summed E-state index contributed by atoms with van der Waals surface area (Å²) in [6.45, 7) is 0.485. The van der Waals surface area contributed by atoms with Gasteiger partial charge in [-0.1, -0.05) is 24.3 Å². The van der Waals surface area contributed by atoms with Crippen LogP contribution in [0.25, 0.3) is 11.3 Å². The second-order valence-electron chi connectivity index (χ2n) is 5.46. The third-order valence-corrected chi connectivity index (χ3v) is 3.75. The Labute approximate surface area is 144 Å². The van der Waals surface area contributed by atoms with Crippen molar-refractivity contribution in [2.75, 3.05) is 5.32 Å². The van der Waals surface area contributed by atoms with Crippen molar-refractivity contribution in [1.29, 1.82) is 0 Å². The van der Waals surface area contributed by atoms with Gasteiger partial charge in [-0.3, -0.25) is 14.7 Å². The van der Waals surface area contributed by atoms with E-state index in [1.54, 1.807) is 6.07 Å². The monoisotopic (exact) mass is 335 g/mol. The molecule has 7 heteroatoms. The Kier molecular flexibility index (Phi) is 4.58. The lowest BCUT2D eigenvalue weighted by Gasteiger charge is -2.02. The molecule has 0 aliphatic heterocycles. The second kappa shape index (κ2) is 6.98. The van der Waals surface area contributed by atoms with Crippen LogP contribution in [-0.2, 0) is 6.54 Å². The van der Waals surface area contributed by atoms with Gasteiger partial charge in [0, 0.05) is 23.7 Å². The van der Waals surface area contributed by atoms with Gasteiger partial charge in [-0.25, -0.2) is 0 Å². The summed E-state index contributed by atoms with van der Waals surface area (Å²) in [7, 11) is 0. The van der Waals surface area contributed by atoms with E-state index in [-0.39, 0.29) is 5.91 Å². The number of carbonyl (C=O) groups is 2. The summed E-state index contributed by atoms with van der Waals surface area (Å²) in [4.78, 5) is 23.3. The van der Waals surface area contributed by atoms with Crippen LogP contribution in [0.4, 0.5) is 5.82 Å². The number of H-pyrrole nitrogens is 1. The molecule has 0 bridgehead atoms. The summed E-state index contributed by atoms with van der Waals surface area (Å²) in [5, 5.41) is 9.68. The highest BCUT2D eigenvalue weighted by Crippen LogP contribution is 2.20. The quantitative estimate of drug-likeness (QED) is 0.567. The molecule has 6 N–H and O–H groups in total. The maximum absolute atomic E-state index is 12.2. The summed E-state index contributed by atoms with van der Waals surface area (Å²) in [6, 6.07) is 15.6. The average Bonchev–Trinajstić information content (AvgIpc) is 3.10.